The lowest BCUT2D eigenvalue weighted by Crippen LogP contribution is -2.67. The molecule has 17 heteroatoms. The molecular weight excluding hydrogens is 843 g/mol. The van der Waals surface area contributed by atoms with E-state index < -0.39 is 23.6 Å². The third-order valence-electron chi connectivity index (χ3n) is 18.5. The minimum Gasteiger partial charge on any atom is -0.677 e. The van der Waals surface area contributed by atoms with Crippen LogP contribution in [0.15, 0.2) is 0 Å². The standard InChI is InChI=1S/C19H40BNO2Si2.C13H23BNO2.C12H21BO2.C2H7BO2.ClH/c1-11-16(21(24(5,6)7)25(8,9)10)20-22-17-15-12-14(18(15,2)3)13-19(17,4)23-20;1-5-10(15)14-16-11-9-6-8(12(9,2)3)7-13(11,4)17-14;1-5-13-14-10-9-6-8(11(9,2)3)7-12(10,4)15-13;1-2-3(4)5;/h14-17H,11-13H2,1-10H3;8-11,15H,5-7H2,1-4H3;8-10H,5-7H2,1-4H3;4-5H,2H2,1H3;1H/q;-1;;;/t14-,15?,16-,17-,19+;8-,9?,10-,11-,13+;8-,9?,10-,12+;;/m111../s1. The van der Waals surface area contributed by atoms with Crippen molar-refractivity contribution in [3.63, 3.8) is 0 Å². The fourth-order valence-corrected chi connectivity index (χ4v) is 25.1. The molecule has 0 amide bonds. The van der Waals surface area contributed by atoms with Gasteiger partial charge in [0, 0.05) is 5.94 Å². The molecule has 3 aliphatic heterocycles. The Morgan fingerprint density at radius 1 is 0.603 bits per heavy atom. The molecule has 12 aliphatic rings. The van der Waals surface area contributed by atoms with Crippen LogP contribution in [0.3, 0.4) is 0 Å². The van der Waals surface area contributed by atoms with Crippen LogP contribution in [0, 0.1) is 51.8 Å². The average molecular weight is 936 g/mol. The van der Waals surface area contributed by atoms with Gasteiger partial charge in [-0.3, -0.25) is 0 Å². The maximum Gasteiger partial charge on any atom is 0.474 e. The summed E-state index contributed by atoms with van der Waals surface area (Å²) in [5.41, 5.74) is 9.14. The Balaban J connectivity index is 0.000000173. The maximum absolute atomic E-state index is 7.98. The summed E-state index contributed by atoms with van der Waals surface area (Å²) < 4.78 is 40.7. The van der Waals surface area contributed by atoms with Crippen LogP contribution in [0.25, 0.3) is 5.73 Å². The van der Waals surface area contributed by atoms with Crippen LogP contribution in [0.2, 0.25) is 51.9 Å². The smallest absolute Gasteiger partial charge is 0.474 e. The lowest BCUT2D eigenvalue weighted by molar-refractivity contribution is -0.185. The highest BCUT2D eigenvalue weighted by atomic mass is 35.5. The summed E-state index contributed by atoms with van der Waals surface area (Å²) in [5.74, 6) is 4.62. The van der Waals surface area contributed by atoms with Crippen molar-refractivity contribution >= 4 is 57.4 Å². The van der Waals surface area contributed by atoms with Gasteiger partial charge in [0.15, 0.2) is 0 Å². The highest BCUT2D eigenvalue weighted by Gasteiger charge is 2.69. The van der Waals surface area contributed by atoms with E-state index >= 15 is 0 Å². The Hall–Kier alpha value is 0.584. The molecule has 0 spiro atoms. The fourth-order valence-electron chi connectivity index (χ4n) is 14.5. The molecule has 6 bridgehead atoms. The van der Waals surface area contributed by atoms with E-state index in [1.807, 2.05) is 6.92 Å². The first kappa shape index (κ1) is 54.5. The molecule has 3 N–H and O–H groups in total. The van der Waals surface area contributed by atoms with Gasteiger partial charge >= 0.3 is 28.5 Å². The zero-order valence-electron chi connectivity index (χ0n) is 43.4. The molecule has 3 heterocycles. The molecule has 0 radical (unpaired) electrons. The largest absolute Gasteiger partial charge is 0.677 e. The van der Waals surface area contributed by atoms with Crippen molar-refractivity contribution in [1.82, 2.24) is 4.23 Å². The van der Waals surface area contributed by atoms with Crippen molar-refractivity contribution in [3.8, 4) is 0 Å². The molecular formula is C46H92B4ClN2O8Si2-. The van der Waals surface area contributed by atoms with Crippen LogP contribution in [0.4, 0.5) is 0 Å². The second-order valence-corrected chi connectivity index (χ2v) is 35.9. The quantitative estimate of drug-likeness (QED) is 0.218. The zero-order valence-corrected chi connectivity index (χ0v) is 46.2. The molecule has 12 fully saturated rings. The SMILES string of the molecule is CCB(O)O.CCB1O[C@@H]2C3C[C@H](C[C@]2(C)O1)C3(C)C.CC[C@@H]([NH-])B1O[C@@H]2C3C[C@H](C[C@]2(C)O1)C3(C)C.CC[C@H](B1O[C@@H]2C3C[C@H](C[C@]2(C)O1)C3(C)C)N([Si](C)(C)C)[Si](C)(C)C.Cl. The normalized spacial score (nSPS) is 41.2. The summed E-state index contributed by atoms with van der Waals surface area (Å²) in [4.78, 5) is 0. The van der Waals surface area contributed by atoms with E-state index in [1.165, 1.54) is 32.1 Å². The van der Waals surface area contributed by atoms with Crippen LogP contribution < -0.4 is 0 Å². The molecule has 9 saturated carbocycles. The molecule has 12 rings (SSSR count). The van der Waals surface area contributed by atoms with E-state index in [0.29, 0.717) is 46.4 Å². The molecule has 63 heavy (non-hydrogen) atoms. The summed E-state index contributed by atoms with van der Waals surface area (Å²) in [6, 6.07) is 0. The first-order chi connectivity index (χ1) is 28.3. The molecule has 0 aromatic carbocycles. The van der Waals surface area contributed by atoms with Crippen molar-refractivity contribution in [2.24, 2.45) is 51.8 Å². The molecule has 3 saturated heterocycles. The van der Waals surface area contributed by atoms with E-state index in [1.54, 1.807) is 6.92 Å². The molecule has 3 unspecified atom stereocenters. The fraction of sp³-hybridized carbons (Fsp3) is 1.00. The van der Waals surface area contributed by atoms with Crippen molar-refractivity contribution in [3.05, 3.63) is 5.73 Å². The van der Waals surface area contributed by atoms with Gasteiger partial charge in [-0.15, -0.1) is 18.3 Å². The second-order valence-electron chi connectivity index (χ2n) is 25.8. The van der Waals surface area contributed by atoms with Gasteiger partial charge in [-0.2, -0.15) is 0 Å². The Kier molecular flexibility index (Phi) is 16.2. The Morgan fingerprint density at radius 2 is 0.952 bits per heavy atom. The lowest BCUT2D eigenvalue weighted by atomic mass is 9.45. The van der Waals surface area contributed by atoms with Gasteiger partial charge in [-0.1, -0.05) is 115 Å². The number of hydrogen-bond donors (Lipinski definition) is 2. The van der Waals surface area contributed by atoms with Gasteiger partial charge in [0.25, 0.3) is 0 Å². The highest BCUT2D eigenvalue weighted by molar-refractivity contribution is 6.90. The maximum atomic E-state index is 7.98. The monoisotopic (exact) mass is 936 g/mol. The van der Waals surface area contributed by atoms with Crippen molar-refractivity contribution < 1.29 is 38.0 Å². The highest BCUT2D eigenvalue weighted by Crippen LogP contribution is 2.67. The molecule has 0 aromatic heterocycles. The first-order valence-corrected chi connectivity index (χ1v) is 32.1. The van der Waals surface area contributed by atoms with E-state index in [-0.39, 0.29) is 68.7 Å². The van der Waals surface area contributed by atoms with E-state index in [2.05, 4.69) is 120 Å². The second kappa shape index (κ2) is 18.7. The summed E-state index contributed by atoms with van der Waals surface area (Å²) >= 11 is 0. The van der Waals surface area contributed by atoms with Gasteiger partial charge in [0.05, 0.1) is 35.1 Å². The molecule has 362 valence electrons. The third-order valence-corrected chi connectivity index (χ3v) is 26.1. The number of halogens is 1. The zero-order chi connectivity index (χ0) is 46.6. The van der Waals surface area contributed by atoms with E-state index in [9.17, 15) is 0 Å². The summed E-state index contributed by atoms with van der Waals surface area (Å²) in [7, 11) is -4.31. The minimum absolute atomic E-state index is 0. The van der Waals surface area contributed by atoms with Crippen LogP contribution in [-0.4, -0.2) is 106 Å². The van der Waals surface area contributed by atoms with Crippen LogP contribution >= 0.6 is 12.4 Å². The number of nitrogens with one attached hydrogen (secondary N) is 1. The average Bonchev–Trinajstić information content (AvgIpc) is 3.85. The first-order valence-electron chi connectivity index (χ1n) is 25.2. The molecule has 9 aliphatic carbocycles. The molecule has 14 atom stereocenters. The van der Waals surface area contributed by atoms with E-state index in [0.717, 1.165) is 49.3 Å². The summed E-state index contributed by atoms with van der Waals surface area (Å²) in [6.07, 6.45) is 11.6. The lowest BCUT2D eigenvalue weighted by Gasteiger charge is -2.63. The van der Waals surface area contributed by atoms with E-state index in [4.69, 9.17) is 43.7 Å². The Bertz CT molecular complexity index is 1560. The number of rotatable bonds is 9. The Morgan fingerprint density at radius 3 is 1.27 bits per heavy atom. The topological polar surface area (TPSA) is 123 Å². The predicted octanol–water partition coefficient (Wildman–Crippen LogP) is 10.7. The summed E-state index contributed by atoms with van der Waals surface area (Å²) in [6.45, 7) is 44.2. The number of nitrogens with zero attached hydrogens (tertiary/aromatic N) is 1. The van der Waals surface area contributed by atoms with Crippen molar-refractivity contribution in [1.29, 1.82) is 0 Å². The van der Waals surface area contributed by atoms with Gasteiger partial charge < -0.3 is 47.9 Å². The third kappa shape index (κ3) is 9.87. The van der Waals surface area contributed by atoms with Crippen LogP contribution in [0.1, 0.15) is 141 Å². The van der Waals surface area contributed by atoms with Gasteiger partial charge in [0.1, 0.15) is 16.5 Å². The van der Waals surface area contributed by atoms with Gasteiger partial charge in [0.2, 0.25) is 0 Å². The Labute approximate surface area is 395 Å². The minimum atomic E-state index is -1.45. The predicted molar refractivity (Wildman–Crippen MR) is 270 cm³/mol. The van der Waals surface area contributed by atoms with Gasteiger partial charge in [-0.05, 0) is 130 Å². The molecule has 10 nitrogen and oxygen atoms in total. The number of hydrogen-bond acceptors (Lipinski definition) is 9. The van der Waals surface area contributed by atoms with Crippen molar-refractivity contribution in [2.75, 3.05) is 0 Å². The van der Waals surface area contributed by atoms with Crippen LogP contribution in [0.5, 0.6) is 0 Å². The van der Waals surface area contributed by atoms with Crippen molar-refractivity contribution in [2.45, 2.75) is 240 Å². The van der Waals surface area contributed by atoms with Gasteiger partial charge in [-0.25, -0.2) is 0 Å². The van der Waals surface area contributed by atoms with Crippen LogP contribution in [-0.2, 0) is 27.9 Å². The summed E-state index contributed by atoms with van der Waals surface area (Å²) in [5, 5.41) is 15.8. The molecule has 0 aromatic rings.